The van der Waals surface area contributed by atoms with Crippen molar-refractivity contribution in [2.24, 2.45) is 5.92 Å². The molecule has 1 aromatic carbocycles. The Morgan fingerprint density at radius 3 is 2.48 bits per heavy atom. The number of aromatic nitrogens is 3. The Labute approximate surface area is 179 Å². The quantitative estimate of drug-likeness (QED) is 0.705. The van der Waals surface area contributed by atoms with Crippen LogP contribution in [-0.2, 0) is 4.79 Å². The Balaban J connectivity index is 1.17. The standard InChI is InChI=1S/C23H24FN5O2/c24-18-5-3-16(4-6-18)22(30)29-13-9-17(14-29)23(31)28-11-7-15(8-12-28)20-26-19-2-1-10-25-21(19)27-20/h1-6,10,15,17H,7-9,11-14H2,(H,25,26,27). The molecular weight excluding hydrogens is 397 g/mol. The first kappa shape index (κ1) is 19.7. The summed E-state index contributed by atoms with van der Waals surface area (Å²) in [4.78, 5) is 41.5. The number of halogens is 1. The molecular formula is C23H24FN5O2. The van der Waals surface area contributed by atoms with Crippen molar-refractivity contribution in [3.63, 3.8) is 0 Å². The molecule has 2 aliphatic heterocycles. The fraction of sp³-hybridized carbons (Fsp3) is 0.391. The molecule has 1 atom stereocenters. The highest BCUT2D eigenvalue weighted by Crippen LogP contribution is 2.29. The number of H-pyrrole nitrogens is 1. The number of nitrogens with one attached hydrogen (secondary N) is 1. The molecule has 0 spiro atoms. The molecule has 2 amide bonds. The lowest BCUT2D eigenvalue weighted by atomic mass is 9.95. The van der Waals surface area contributed by atoms with Gasteiger partial charge in [0.2, 0.25) is 5.91 Å². The predicted molar refractivity (Wildman–Crippen MR) is 113 cm³/mol. The van der Waals surface area contributed by atoms with Gasteiger partial charge in [0, 0.05) is 43.9 Å². The molecule has 3 aromatic rings. The van der Waals surface area contributed by atoms with Crippen molar-refractivity contribution >= 4 is 23.0 Å². The molecule has 2 aliphatic rings. The van der Waals surface area contributed by atoms with Crippen molar-refractivity contribution in [3.05, 3.63) is 59.8 Å². The number of benzene rings is 1. The van der Waals surface area contributed by atoms with Crippen molar-refractivity contribution in [1.29, 1.82) is 0 Å². The first-order valence-corrected chi connectivity index (χ1v) is 10.7. The number of carbonyl (C=O) groups is 2. The van der Waals surface area contributed by atoms with Crippen molar-refractivity contribution in [1.82, 2.24) is 24.8 Å². The van der Waals surface area contributed by atoms with Crippen LogP contribution in [-0.4, -0.2) is 62.7 Å². The highest BCUT2D eigenvalue weighted by atomic mass is 19.1. The third-order valence-corrected chi connectivity index (χ3v) is 6.38. The normalized spacial score (nSPS) is 19.8. The Morgan fingerprint density at radius 2 is 1.74 bits per heavy atom. The number of imidazole rings is 1. The van der Waals surface area contributed by atoms with E-state index in [-0.39, 0.29) is 23.5 Å². The molecule has 4 heterocycles. The molecule has 5 rings (SSSR count). The molecule has 31 heavy (non-hydrogen) atoms. The van der Waals surface area contributed by atoms with Crippen LogP contribution in [0.25, 0.3) is 11.2 Å². The minimum Gasteiger partial charge on any atom is -0.342 e. The number of pyridine rings is 1. The van der Waals surface area contributed by atoms with Gasteiger partial charge in [-0.2, -0.15) is 0 Å². The summed E-state index contributed by atoms with van der Waals surface area (Å²) in [6.07, 6.45) is 4.12. The zero-order chi connectivity index (χ0) is 21.4. The smallest absolute Gasteiger partial charge is 0.253 e. The van der Waals surface area contributed by atoms with Gasteiger partial charge >= 0.3 is 0 Å². The minimum atomic E-state index is -0.367. The van der Waals surface area contributed by atoms with Crippen LogP contribution in [0.5, 0.6) is 0 Å². The van der Waals surface area contributed by atoms with E-state index >= 15 is 0 Å². The Kier molecular flexibility index (Phi) is 5.13. The van der Waals surface area contributed by atoms with Crippen LogP contribution in [0, 0.1) is 11.7 Å². The van der Waals surface area contributed by atoms with Crippen LogP contribution >= 0.6 is 0 Å². The van der Waals surface area contributed by atoms with Crippen molar-refractivity contribution in [2.45, 2.75) is 25.2 Å². The van der Waals surface area contributed by atoms with Gasteiger partial charge in [0.15, 0.2) is 5.65 Å². The predicted octanol–water partition coefficient (Wildman–Crippen LogP) is 2.97. The number of hydrogen-bond donors (Lipinski definition) is 1. The van der Waals surface area contributed by atoms with E-state index in [4.69, 9.17) is 0 Å². The summed E-state index contributed by atoms with van der Waals surface area (Å²) in [6.45, 7) is 2.35. The van der Waals surface area contributed by atoms with E-state index in [0.29, 0.717) is 44.1 Å². The van der Waals surface area contributed by atoms with E-state index in [1.165, 1.54) is 24.3 Å². The van der Waals surface area contributed by atoms with Crippen LogP contribution in [0.3, 0.4) is 0 Å². The summed E-state index contributed by atoms with van der Waals surface area (Å²) in [7, 11) is 0. The zero-order valence-electron chi connectivity index (χ0n) is 17.1. The first-order chi connectivity index (χ1) is 15.1. The Morgan fingerprint density at radius 1 is 1.00 bits per heavy atom. The van der Waals surface area contributed by atoms with Crippen LogP contribution in [0.15, 0.2) is 42.6 Å². The maximum Gasteiger partial charge on any atom is 0.253 e. The molecule has 2 fully saturated rings. The van der Waals surface area contributed by atoms with Crippen molar-refractivity contribution < 1.29 is 14.0 Å². The average Bonchev–Trinajstić information content (AvgIpc) is 3.46. The third kappa shape index (κ3) is 3.89. The van der Waals surface area contributed by atoms with E-state index in [0.717, 1.165) is 29.8 Å². The SMILES string of the molecule is O=C(c1ccc(F)cc1)N1CCC(C(=O)N2CCC(c3nc4ncccc4[nH]3)CC2)C1. The number of amides is 2. The summed E-state index contributed by atoms with van der Waals surface area (Å²) in [5, 5.41) is 0. The molecule has 2 saturated heterocycles. The molecule has 0 bridgehead atoms. The van der Waals surface area contributed by atoms with Gasteiger partial charge in [-0.05, 0) is 55.7 Å². The first-order valence-electron chi connectivity index (χ1n) is 10.7. The summed E-state index contributed by atoms with van der Waals surface area (Å²) in [5.74, 6) is 0.674. The second kappa shape index (κ2) is 8.09. The lowest BCUT2D eigenvalue weighted by Crippen LogP contribution is -2.42. The highest BCUT2D eigenvalue weighted by Gasteiger charge is 2.35. The van der Waals surface area contributed by atoms with Crippen LogP contribution in [0.2, 0.25) is 0 Å². The lowest BCUT2D eigenvalue weighted by Gasteiger charge is -2.32. The third-order valence-electron chi connectivity index (χ3n) is 6.38. The van der Waals surface area contributed by atoms with Gasteiger partial charge in [-0.3, -0.25) is 9.59 Å². The lowest BCUT2D eigenvalue weighted by molar-refractivity contribution is -0.136. The van der Waals surface area contributed by atoms with E-state index in [1.54, 1.807) is 11.1 Å². The molecule has 0 aliphatic carbocycles. The summed E-state index contributed by atoms with van der Waals surface area (Å²) in [6, 6.07) is 9.41. The fourth-order valence-corrected chi connectivity index (χ4v) is 4.61. The average molecular weight is 421 g/mol. The Bertz CT molecular complexity index is 1070. The largest absolute Gasteiger partial charge is 0.342 e. The number of fused-ring (bicyclic) bond motifs is 1. The van der Waals surface area contributed by atoms with E-state index < -0.39 is 0 Å². The number of hydrogen-bond acceptors (Lipinski definition) is 4. The van der Waals surface area contributed by atoms with Gasteiger partial charge in [-0.15, -0.1) is 0 Å². The van der Waals surface area contributed by atoms with E-state index in [2.05, 4.69) is 15.0 Å². The summed E-state index contributed by atoms with van der Waals surface area (Å²) >= 11 is 0. The molecule has 0 radical (unpaired) electrons. The van der Waals surface area contributed by atoms with Gasteiger partial charge < -0.3 is 14.8 Å². The van der Waals surface area contributed by atoms with Gasteiger partial charge in [-0.25, -0.2) is 14.4 Å². The van der Waals surface area contributed by atoms with Crippen LogP contribution in [0.1, 0.15) is 41.4 Å². The topological polar surface area (TPSA) is 82.2 Å². The van der Waals surface area contributed by atoms with Gasteiger partial charge in [0.1, 0.15) is 11.6 Å². The number of likely N-dealkylation sites (tertiary alicyclic amines) is 2. The Hall–Kier alpha value is -3.29. The number of aromatic amines is 1. The minimum absolute atomic E-state index is 0.124. The highest BCUT2D eigenvalue weighted by molar-refractivity contribution is 5.95. The van der Waals surface area contributed by atoms with Crippen molar-refractivity contribution in [2.75, 3.05) is 26.2 Å². The monoisotopic (exact) mass is 421 g/mol. The summed E-state index contributed by atoms with van der Waals surface area (Å²) in [5.41, 5.74) is 2.12. The van der Waals surface area contributed by atoms with Gasteiger partial charge in [0.25, 0.3) is 5.91 Å². The fourth-order valence-electron chi connectivity index (χ4n) is 4.61. The molecule has 160 valence electrons. The maximum absolute atomic E-state index is 13.1. The number of rotatable bonds is 3. The molecule has 1 N–H and O–H groups in total. The van der Waals surface area contributed by atoms with Crippen LogP contribution < -0.4 is 0 Å². The van der Waals surface area contributed by atoms with E-state index in [1.807, 2.05) is 17.0 Å². The van der Waals surface area contributed by atoms with Crippen LogP contribution in [0.4, 0.5) is 4.39 Å². The van der Waals surface area contributed by atoms with Gasteiger partial charge in [0.05, 0.1) is 11.4 Å². The second-order valence-corrected chi connectivity index (χ2v) is 8.34. The summed E-state index contributed by atoms with van der Waals surface area (Å²) < 4.78 is 13.1. The molecule has 8 heteroatoms. The zero-order valence-corrected chi connectivity index (χ0v) is 17.1. The number of piperidine rings is 1. The van der Waals surface area contributed by atoms with E-state index in [9.17, 15) is 14.0 Å². The molecule has 7 nitrogen and oxygen atoms in total. The molecule has 1 unspecified atom stereocenters. The second-order valence-electron chi connectivity index (χ2n) is 8.34. The molecule has 2 aromatic heterocycles. The number of carbonyl (C=O) groups excluding carboxylic acids is 2. The maximum atomic E-state index is 13.1. The molecule has 0 saturated carbocycles. The number of nitrogens with zero attached hydrogens (tertiary/aromatic N) is 4. The van der Waals surface area contributed by atoms with Gasteiger partial charge in [-0.1, -0.05) is 0 Å². The van der Waals surface area contributed by atoms with Crippen molar-refractivity contribution in [3.8, 4) is 0 Å².